The molecule has 1 aliphatic rings. The highest BCUT2D eigenvalue weighted by Gasteiger charge is 2.39. The van der Waals surface area contributed by atoms with Gasteiger partial charge in [-0.15, -0.1) is 0 Å². The maximum atomic E-state index is 9.41. The maximum absolute atomic E-state index is 9.41. The molecule has 2 heteroatoms. The monoisotopic (exact) mass is 183 g/mol. The van der Waals surface area contributed by atoms with Gasteiger partial charge in [0.2, 0.25) is 0 Å². The van der Waals surface area contributed by atoms with E-state index >= 15 is 0 Å². The molecule has 0 saturated heterocycles. The molecule has 0 aromatic carbocycles. The van der Waals surface area contributed by atoms with Crippen molar-refractivity contribution in [1.29, 1.82) is 0 Å². The summed E-state index contributed by atoms with van der Waals surface area (Å²) in [4.78, 5) is 2.32. The predicted molar refractivity (Wildman–Crippen MR) is 55.7 cm³/mol. The van der Waals surface area contributed by atoms with Crippen LogP contribution < -0.4 is 0 Å². The first-order valence-corrected chi connectivity index (χ1v) is 4.92. The third kappa shape index (κ3) is 2.12. The van der Waals surface area contributed by atoms with Crippen molar-refractivity contribution in [3.05, 3.63) is 12.2 Å². The van der Waals surface area contributed by atoms with Gasteiger partial charge in [0, 0.05) is 17.6 Å². The van der Waals surface area contributed by atoms with Crippen molar-refractivity contribution in [2.75, 3.05) is 6.54 Å². The van der Waals surface area contributed by atoms with Crippen molar-refractivity contribution in [3.8, 4) is 0 Å². The first-order valence-electron chi connectivity index (χ1n) is 4.92. The van der Waals surface area contributed by atoms with Crippen molar-refractivity contribution in [2.45, 2.75) is 51.8 Å². The molecular formula is C11H21NO. The smallest absolute Gasteiger partial charge is 0.0639 e. The van der Waals surface area contributed by atoms with E-state index in [1.807, 2.05) is 6.92 Å². The van der Waals surface area contributed by atoms with Crippen LogP contribution in [0.1, 0.15) is 34.6 Å². The van der Waals surface area contributed by atoms with Gasteiger partial charge in [0.15, 0.2) is 0 Å². The average molecular weight is 183 g/mol. The van der Waals surface area contributed by atoms with E-state index in [-0.39, 0.29) is 17.2 Å². The number of nitrogens with zero attached hydrogens (tertiary/aromatic N) is 1. The molecule has 1 atom stereocenters. The van der Waals surface area contributed by atoms with E-state index in [1.54, 1.807) is 0 Å². The summed E-state index contributed by atoms with van der Waals surface area (Å²) in [5, 5.41) is 9.41. The largest absolute Gasteiger partial charge is 0.392 e. The molecule has 0 aliphatic carbocycles. The zero-order valence-corrected chi connectivity index (χ0v) is 9.33. The van der Waals surface area contributed by atoms with Crippen LogP contribution in [0.25, 0.3) is 0 Å². The summed E-state index contributed by atoms with van der Waals surface area (Å²) < 4.78 is 0. The number of aliphatic hydroxyl groups excluding tert-OH is 1. The standard InChI is InChI=1S/C11H21NO/c1-9(13)8-12-10(2,3)6-7-11(12,4)5/h6-7,9,13H,8H2,1-5H3. The topological polar surface area (TPSA) is 23.5 Å². The molecule has 0 radical (unpaired) electrons. The van der Waals surface area contributed by atoms with Gasteiger partial charge >= 0.3 is 0 Å². The zero-order chi connectivity index (χ0) is 10.3. The van der Waals surface area contributed by atoms with Gasteiger partial charge in [0.25, 0.3) is 0 Å². The minimum atomic E-state index is -0.265. The minimum Gasteiger partial charge on any atom is -0.392 e. The Morgan fingerprint density at radius 1 is 1.15 bits per heavy atom. The van der Waals surface area contributed by atoms with Crippen molar-refractivity contribution < 1.29 is 5.11 Å². The first-order chi connectivity index (χ1) is 5.76. The van der Waals surface area contributed by atoms with Gasteiger partial charge in [0.05, 0.1) is 6.10 Å². The van der Waals surface area contributed by atoms with Crippen LogP contribution in [0.15, 0.2) is 12.2 Å². The fraction of sp³-hybridized carbons (Fsp3) is 0.818. The van der Waals surface area contributed by atoms with E-state index in [1.165, 1.54) is 0 Å². The Bertz CT molecular complexity index is 198. The van der Waals surface area contributed by atoms with Gasteiger partial charge in [-0.25, -0.2) is 0 Å². The molecule has 0 aromatic rings. The maximum Gasteiger partial charge on any atom is 0.0639 e. The van der Waals surface area contributed by atoms with E-state index in [2.05, 4.69) is 44.7 Å². The molecule has 76 valence electrons. The van der Waals surface area contributed by atoms with Crippen LogP contribution in [0.4, 0.5) is 0 Å². The molecule has 1 N–H and O–H groups in total. The summed E-state index contributed by atoms with van der Waals surface area (Å²) in [6, 6.07) is 0. The van der Waals surface area contributed by atoms with Crippen LogP contribution in [0.3, 0.4) is 0 Å². The lowest BCUT2D eigenvalue weighted by molar-refractivity contribution is 0.0407. The number of β-amino-alcohol motifs (C(OH)–C–C–N with tert-alkyl or cyclic N) is 1. The molecule has 0 spiro atoms. The van der Waals surface area contributed by atoms with E-state index in [0.717, 1.165) is 6.54 Å². The van der Waals surface area contributed by atoms with Gasteiger partial charge in [-0.1, -0.05) is 12.2 Å². The Kier molecular flexibility index (Phi) is 2.56. The fourth-order valence-electron chi connectivity index (χ4n) is 2.07. The molecular weight excluding hydrogens is 162 g/mol. The van der Waals surface area contributed by atoms with Gasteiger partial charge in [-0.05, 0) is 34.6 Å². The number of aliphatic hydroxyl groups is 1. The SMILES string of the molecule is CC(O)CN1C(C)(C)C=CC1(C)C. The summed E-state index contributed by atoms with van der Waals surface area (Å²) in [6.07, 6.45) is 4.17. The Hall–Kier alpha value is -0.340. The molecule has 1 heterocycles. The molecule has 0 fully saturated rings. The van der Waals surface area contributed by atoms with E-state index in [9.17, 15) is 5.11 Å². The molecule has 2 nitrogen and oxygen atoms in total. The van der Waals surface area contributed by atoms with Gasteiger partial charge in [-0.3, -0.25) is 4.90 Å². The lowest BCUT2D eigenvalue weighted by Crippen LogP contribution is -2.51. The molecule has 0 amide bonds. The third-order valence-electron chi connectivity index (χ3n) is 2.74. The average Bonchev–Trinajstić information content (AvgIpc) is 2.12. The van der Waals surface area contributed by atoms with Crippen LogP contribution in [0.5, 0.6) is 0 Å². The Labute approximate surface area is 81.2 Å². The van der Waals surface area contributed by atoms with Crippen LogP contribution in [0.2, 0.25) is 0 Å². The molecule has 1 unspecified atom stereocenters. The number of rotatable bonds is 2. The van der Waals surface area contributed by atoms with Crippen LogP contribution in [0, 0.1) is 0 Å². The second-order valence-corrected chi connectivity index (χ2v) is 5.10. The summed E-state index contributed by atoms with van der Waals surface area (Å²) in [5.74, 6) is 0. The van der Waals surface area contributed by atoms with Gasteiger partial charge in [-0.2, -0.15) is 0 Å². The lowest BCUT2D eigenvalue weighted by atomic mass is 10.0. The van der Waals surface area contributed by atoms with Crippen molar-refractivity contribution in [1.82, 2.24) is 4.90 Å². The Balaban J connectivity index is 2.80. The minimum absolute atomic E-state index is 0.0699. The quantitative estimate of drug-likeness (QED) is 0.660. The van der Waals surface area contributed by atoms with E-state index < -0.39 is 0 Å². The molecule has 13 heavy (non-hydrogen) atoms. The number of hydrogen-bond donors (Lipinski definition) is 1. The second-order valence-electron chi connectivity index (χ2n) is 5.10. The van der Waals surface area contributed by atoms with E-state index in [0.29, 0.717) is 0 Å². The van der Waals surface area contributed by atoms with E-state index in [4.69, 9.17) is 0 Å². The Morgan fingerprint density at radius 3 is 1.85 bits per heavy atom. The summed E-state index contributed by atoms with van der Waals surface area (Å²) >= 11 is 0. The second kappa shape index (κ2) is 3.10. The molecule has 0 saturated carbocycles. The third-order valence-corrected chi connectivity index (χ3v) is 2.74. The van der Waals surface area contributed by atoms with Crippen LogP contribution in [-0.2, 0) is 0 Å². The number of hydrogen-bond acceptors (Lipinski definition) is 2. The predicted octanol–water partition coefficient (Wildman–Crippen LogP) is 1.80. The first kappa shape index (κ1) is 10.7. The highest BCUT2D eigenvalue weighted by molar-refractivity contribution is 5.20. The molecule has 0 aromatic heterocycles. The van der Waals surface area contributed by atoms with Crippen molar-refractivity contribution >= 4 is 0 Å². The van der Waals surface area contributed by atoms with Crippen LogP contribution in [-0.4, -0.2) is 33.7 Å². The lowest BCUT2D eigenvalue weighted by Gasteiger charge is -2.41. The van der Waals surface area contributed by atoms with Gasteiger partial charge in [0.1, 0.15) is 0 Å². The zero-order valence-electron chi connectivity index (χ0n) is 9.33. The van der Waals surface area contributed by atoms with Crippen molar-refractivity contribution in [3.63, 3.8) is 0 Å². The summed E-state index contributed by atoms with van der Waals surface area (Å²) in [6.45, 7) is 11.3. The highest BCUT2D eigenvalue weighted by Crippen LogP contribution is 2.34. The Morgan fingerprint density at radius 2 is 1.54 bits per heavy atom. The fourth-order valence-corrected chi connectivity index (χ4v) is 2.07. The normalized spacial score (nSPS) is 27.8. The van der Waals surface area contributed by atoms with Crippen LogP contribution >= 0.6 is 0 Å². The van der Waals surface area contributed by atoms with Gasteiger partial charge < -0.3 is 5.11 Å². The van der Waals surface area contributed by atoms with Crippen molar-refractivity contribution in [2.24, 2.45) is 0 Å². The molecule has 1 rings (SSSR count). The molecule has 0 bridgehead atoms. The molecule has 1 aliphatic heterocycles. The highest BCUT2D eigenvalue weighted by atomic mass is 16.3. The summed E-state index contributed by atoms with van der Waals surface area (Å²) in [5.41, 5.74) is 0.140. The summed E-state index contributed by atoms with van der Waals surface area (Å²) in [7, 11) is 0.